The number of hydrogen-bond donors (Lipinski definition) is 0. The predicted octanol–water partition coefficient (Wildman–Crippen LogP) is 4.04. The highest BCUT2D eigenvalue weighted by atomic mass is 32.2. The molecule has 0 saturated heterocycles. The van der Waals surface area contributed by atoms with Gasteiger partial charge in [-0.05, 0) is 54.3 Å². The van der Waals surface area contributed by atoms with Gasteiger partial charge in [0.2, 0.25) is 10.0 Å². The number of carbonyl (C=O) groups is 1. The first-order valence-electron chi connectivity index (χ1n) is 9.70. The molecule has 0 N–H and O–H groups in total. The molecule has 0 spiro atoms. The van der Waals surface area contributed by atoms with Gasteiger partial charge in [0.25, 0.3) is 0 Å². The summed E-state index contributed by atoms with van der Waals surface area (Å²) < 4.78 is 79.4. The number of amides is 1. The summed E-state index contributed by atoms with van der Waals surface area (Å²) in [6, 6.07) is 9.26. The van der Waals surface area contributed by atoms with E-state index in [1.54, 1.807) is 19.9 Å². The Balaban J connectivity index is 1.91. The van der Waals surface area contributed by atoms with Crippen LogP contribution in [0, 0.1) is 5.82 Å². The molecule has 0 unspecified atom stereocenters. The molecule has 0 aliphatic carbocycles. The summed E-state index contributed by atoms with van der Waals surface area (Å²) in [5, 5.41) is 0. The number of sulfonamides is 1. The van der Waals surface area contributed by atoms with Crippen molar-refractivity contribution in [2.45, 2.75) is 43.9 Å². The number of fused-ring (bicyclic) bond motifs is 1. The van der Waals surface area contributed by atoms with Crippen molar-refractivity contribution in [1.29, 1.82) is 0 Å². The van der Waals surface area contributed by atoms with Crippen LogP contribution < -0.4 is 0 Å². The molecule has 0 saturated carbocycles. The fraction of sp³-hybridized carbons (Fsp3) is 0.381. The van der Waals surface area contributed by atoms with Crippen molar-refractivity contribution in [3.05, 3.63) is 65.0 Å². The van der Waals surface area contributed by atoms with Crippen molar-refractivity contribution in [3.63, 3.8) is 0 Å². The van der Waals surface area contributed by atoms with Gasteiger partial charge >= 0.3 is 12.1 Å². The van der Waals surface area contributed by atoms with Gasteiger partial charge in [0.15, 0.2) is 0 Å². The van der Waals surface area contributed by atoms with Gasteiger partial charge in [-0.25, -0.2) is 12.8 Å². The molecule has 5 nitrogen and oxygen atoms in total. The van der Waals surface area contributed by atoms with Gasteiger partial charge < -0.3 is 4.90 Å². The highest BCUT2D eigenvalue weighted by Gasteiger charge is 2.43. The number of benzene rings is 2. The first-order chi connectivity index (χ1) is 14.4. The zero-order valence-corrected chi connectivity index (χ0v) is 17.8. The fourth-order valence-electron chi connectivity index (χ4n) is 3.74. The normalized spacial score (nSPS) is 15.6. The van der Waals surface area contributed by atoms with Crippen LogP contribution in [0.25, 0.3) is 0 Å². The molecule has 1 amide bonds. The van der Waals surface area contributed by atoms with E-state index in [1.165, 1.54) is 40.7 Å². The van der Waals surface area contributed by atoms with E-state index in [1.807, 2.05) is 0 Å². The molecule has 2 aromatic rings. The summed E-state index contributed by atoms with van der Waals surface area (Å²) in [6.45, 7) is 3.09. The average molecular weight is 458 g/mol. The number of alkyl halides is 3. The minimum Gasteiger partial charge on any atom is -0.330 e. The lowest BCUT2D eigenvalue weighted by atomic mass is 10.00. The summed E-state index contributed by atoms with van der Waals surface area (Å²) in [5.41, 5.74) is 1.68. The molecule has 0 fully saturated rings. The maximum absolute atomic E-state index is 13.3. The number of halogens is 4. The largest absolute Gasteiger partial charge is 0.471 e. The maximum atomic E-state index is 13.3. The molecule has 1 aliphatic heterocycles. The van der Waals surface area contributed by atoms with E-state index in [2.05, 4.69) is 0 Å². The third-order valence-electron chi connectivity index (χ3n) is 5.42. The molecule has 168 valence electrons. The van der Waals surface area contributed by atoms with Crippen LogP contribution in [0.2, 0.25) is 0 Å². The van der Waals surface area contributed by atoms with Crippen LogP contribution in [0.3, 0.4) is 0 Å². The molecule has 1 aliphatic rings. The van der Waals surface area contributed by atoms with E-state index in [0.29, 0.717) is 21.6 Å². The Morgan fingerprint density at radius 3 is 2.35 bits per heavy atom. The summed E-state index contributed by atoms with van der Waals surface area (Å²) in [6.07, 6.45) is -4.77. The Morgan fingerprint density at radius 2 is 1.77 bits per heavy atom. The lowest BCUT2D eigenvalue weighted by Gasteiger charge is -2.31. The van der Waals surface area contributed by atoms with Crippen molar-refractivity contribution in [3.8, 4) is 0 Å². The van der Waals surface area contributed by atoms with Gasteiger partial charge in [0.05, 0.1) is 4.90 Å². The third kappa shape index (κ3) is 4.74. The Labute approximate surface area is 178 Å². The number of rotatable bonds is 5. The Hall–Kier alpha value is -2.46. The Kier molecular flexibility index (Phi) is 6.43. The third-order valence-corrected chi connectivity index (χ3v) is 7.46. The molecule has 0 aromatic heterocycles. The van der Waals surface area contributed by atoms with Crippen LogP contribution in [0.1, 0.15) is 36.6 Å². The summed E-state index contributed by atoms with van der Waals surface area (Å²) in [5.74, 6) is -2.37. The minimum atomic E-state index is -4.98. The molecule has 1 atom stereocenters. The van der Waals surface area contributed by atoms with E-state index in [9.17, 15) is 30.8 Å². The van der Waals surface area contributed by atoms with Crippen molar-refractivity contribution in [2.75, 3.05) is 13.1 Å². The minimum absolute atomic E-state index is 0.0663. The van der Waals surface area contributed by atoms with Crippen molar-refractivity contribution >= 4 is 15.9 Å². The highest BCUT2D eigenvalue weighted by molar-refractivity contribution is 7.89. The van der Waals surface area contributed by atoms with Crippen molar-refractivity contribution in [1.82, 2.24) is 9.21 Å². The highest BCUT2D eigenvalue weighted by Crippen LogP contribution is 2.31. The number of nitrogens with zero attached hydrogens (tertiary/aromatic N) is 2. The molecule has 0 bridgehead atoms. The SMILES string of the molecule is CCN([C@@H](C)c1ccc(F)cc1)S(=O)(=O)c1ccc2c(c1)CN(C(=O)C(F)(F)F)CC2. The van der Waals surface area contributed by atoms with Gasteiger partial charge in [-0.3, -0.25) is 4.79 Å². The van der Waals surface area contributed by atoms with E-state index in [-0.39, 0.29) is 31.0 Å². The second kappa shape index (κ2) is 8.58. The first-order valence-corrected chi connectivity index (χ1v) is 11.1. The Bertz CT molecular complexity index is 1070. The van der Waals surface area contributed by atoms with Crippen molar-refractivity contribution < 1.29 is 30.8 Å². The Morgan fingerprint density at radius 1 is 1.13 bits per heavy atom. The zero-order chi connectivity index (χ0) is 23.0. The number of hydrogen-bond acceptors (Lipinski definition) is 3. The average Bonchev–Trinajstić information content (AvgIpc) is 2.72. The van der Waals surface area contributed by atoms with Gasteiger partial charge in [-0.15, -0.1) is 0 Å². The van der Waals surface area contributed by atoms with Gasteiger partial charge in [-0.2, -0.15) is 17.5 Å². The van der Waals surface area contributed by atoms with Crippen LogP contribution in [-0.4, -0.2) is 42.8 Å². The second-order valence-corrected chi connectivity index (χ2v) is 9.23. The lowest BCUT2D eigenvalue weighted by molar-refractivity contribution is -0.186. The molecular formula is C21H22F4N2O3S. The molecular weight excluding hydrogens is 436 g/mol. The monoisotopic (exact) mass is 458 g/mol. The summed E-state index contributed by atoms with van der Waals surface area (Å²) in [7, 11) is -3.99. The van der Waals surface area contributed by atoms with Gasteiger partial charge in [-0.1, -0.05) is 25.1 Å². The maximum Gasteiger partial charge on any atom is 0.471 e. The second-order valence-electron chi connectivity index (χ2n) is 7.34. The summed E-state index contributed by atoms with van der Waals surface area (Å²) in [4.78, 5) is 12.2. The zero-order valence-electron chi connectivity index (χ0n) is 17.0. The molecule has 3 rings (SSSR count). The van der Waals surface area contributed by atoms with Gasteiger partial charge in [0.1, 0.15) is 5.82 Å². The van der Waals surface area contributed by atoms with Crippen molar-refractivity contribution in [2.24, 2.45) is 0 Å². The lowest BCUT2D eigenvalue weighted by Crippen LogP contribution is -2.43. The molecule has 0 radical (unpaired) electrons. The van der Waals surface area contributed by atoms with E-state index in [4.69, 9.17) is 0 Å². The van der Waals surface area contributed by atoms with Crippen LogP contribution in [0.4, 0.5) is 17.6 Å². The predicted molar refractivity (Wildman–Crippen MR) is 106 cm³/mol. The number of carbonyl (C=O) groups excluding carboxylic acids is 1. The first kappa shape index (κ1) is 23.2. The van der Waals surface area contributed by atoms with E-state index >= 15 is 0 Å². The van der Waals surface area contributed by atoms with Crippen LogP contribution >= 0.6 is 0 Å². The summed E-state index contributed by atoms with van der Waals surface area (Å²) >= 11 is 0. The smallest absolute Gasteiger partial charge is 0.330 e. The van der Waals surface area contributed by atoms with Crippen LogP contribution in [-0.2, 0) is 27.8 Å². The molecule has 1 heterocycles. The topological polar surface area (TPSA) is 57.7 Å². The molecule has 2 aromatic carbocycles. The quantitative estimate of drug-likeness (QED) is 0.636. The van der Waals surface area contributed by atoms with E-state index < -0.39 is 34.0 Å². The standard InChI is InChI=1S/C21H22F4N2O3S/c1-3-27(14(2)15-4-7-18(22)8-5-15)31(29,30)19-9-6-16-10-11-26(13-17(16)12-19)20(28)21(23,24)25/h4-9,12,14H,3,10-11,13H2,1-2H3/t14-/m0/s1. The van der Waals surface area contributed by atoms with E-state index in [0.717, 1.165) is 0 Å². The fourth-order valence-corrected chi connectivity index (χ4v) is 5.42. The van der Waals surface area contributed by atoms with Gasteiger partial charge in [0, 0.05) is 25.7 Å². The van der Waals surface area contributed by atoms with Crippen LogP contribution in [0.5, 0.6) is 0 Å². The molecule has 10 heteroatoms. The molecule has 31 heavy (non-hydrogen) atoms. The van der Waals surface area contributed by atoms with Crippen LogP contribution in [0.15, 0.2) is 47.4 Å².